The topological polar surface area (TPSA) is 89.0 Å². The molecule has 0 spiro atoms. The van der Waals surface area contributed by atoms with Gasteiger partial charge in [0, 0.05) is 7.05 Å². The molecule has 2 aromatic carbocycles. The Morgan fingerprint density at radius 3 is 2.52 bits per heavy atom. The van der Waals surface area contributed by atoms with Crippen LogP contribution in [-0.2, 0) is 16.2 Å². The normalized spacial score (nSPS) is 10.5. The van der Waals surface area contributed by atoms with Gasteiger partial charge in [-0.1, -0.05) is 29.3 Å². The van der Waals surface area contributed by atoms with Crippen LogP contribution in [0.15, 0.2) is 41.5 Å². The molecule has 0 aromatic heterocycles. The Morgan fingerprint density at radius 2 is 1.85 bits per heavy atom. The maximum Gasteiger partial charge on any atom is 0.329 e. The third-order valence-electron chi connectivity index (χ3n) is 3.38. The van der Waals surface area contributed by atoms with Crippen molar-refractivity contribution < 1.29 is 19.1 Å². The van der Waals surface area contributed by atoms with Crippen molar-refractivity contribution in [3.05, 3.63) is 57.6 Å². The smallest absolute Gasteiger partial charge is 0.329 e. The molecule has 0 aliphatic rings. The Bertz CT molecular complexity index is 872. The van der Waals surface area contributed by atoms with E-state index in [4.69, 9.17) is 32.7 Å². The Balaban J connectivity index is 2.03. The molecule has 2 N–H and O–H groups in total. The second-order valence-electron chi connectivity index (χ2n) is 5.23. The molecule has 0 atom stereocenters. The summed E-state index contributed by atoms with van der Waals surface area (Å²) in [6, 6.07) is 10.4. The average molecular weight is 410 g/mol. The van der Waals surface area contributed by atoms with E-state index < -0.39 is 11.8 Å². The maximum absolute atomic E-state index is 11.3. The summed E-state index contributed by atoms with van der Waals surface area (Å²) in [6.07, 6.45) is 1.38. The summed E-state index contributed by atoms with van der Waals surface area (Å²) in [5.74, 6) is -0.634. The number of ether oxygens (including phenoxy) is 2. The Kier molecular flexibility index (Phi) is 7.45. The van der Waals surface area contributed by atoms with Crippen LogP contribution in [0.25, 0.3) is 0 Å². The number of nitrogens with zero attached hydrogens (tertiary/aromatic N) is 1. The quantitative estimate of drug-likeness (QED) is 0.436. The fourth-order valence-corrected chi connectivity index (χ4v) is 2.32. The molecule has 27 heavy (non-hydrogen) atoms. The van der Waals surface area contributed by atoms with Gasteiger partial charge in [-0.2, -0.15) is 5.10 Å². The lowest BCUT2D eigenvalue weighted by Gasteiger charge is -2.11. The zero-order valence-electron chi connectivity index (χ0n) is 14.6. The zero-order valence-corrected chi connectivity index (χ0v) is 16.1. The van der Waals surface area contributed by atoms with E-state index in [0.29, 0.717) is 27.1 Å². The minimum Gasteiger partial charge on any atom is -0.493 e. The number of hydrogen-bond acceptors (Lipinski definition) is 5. The van der Waals surface area contributed by atoms with Gasteiger partial charge in [0.15, 0.2) is 11.5 Å². The summed E-state index contributed by atoms with van der Waals surface area (Å²) in [4.78, 5) is 22.4. The van der Waals surface area contributed by atoms with Crippen LogP contribution < -0.4 is 20.2 Å². The molecular formula is C18H17Cl2N3O4. The van der Waals surface area contributed by atoms with Gasteiger partial charge in [-0.25, -0.2) is 5.43 Å². The summed E-state index contributed by atoms with van der Waals surface area (Å²) >= 11 is 11.9. The molecule has 0 bridgehead atoms. The molecule has 0 saturated carbocycles. The predicted molar refractivity (Wildman–Crippen MR) is 104 cm³/mol. The Labute approximate surface area is 166 Å². The van der Waals surface area contributed by atoms with Crippen LogP contribution in [0.3, 0.4) is 0 Å². The van der Waals surface area contributed by atoms with E-state index in [-0.39, 0.29) is 6.61 Å². The Morgan fingerprint density at radius 1 is 1.07 bits per heavy atom. The molecule has 0 saturated heterocycles. The van der Waals surface area contributed by atoms with E-state index in [9.17, 15) is 9.59 Å². The summed E-state index contributed by atoms with van der Waals surface area (Å²) in [5, 5.41) is 6.85. The van der Waals surface area contributed by atoms with Crippen molar-refractivity contribution in [2.75, 3.05) is 14.2 Å². The molecule has 0 fully saturated rings. The molecule has 0 heterocycles. The minimum absolute atomic E-state index is 0.281. The number of amides is 2. The number of halogens is 2. The molecule has 0 unspecified atom stereocenters. The van der Waals surface area contributed by atoms with Crippen LogP contribution in [0.4, 0.5) is 0 Å². The van der Waals surface area contributed by atoms with Gasteiger partial charge in [0.25, 0.3) is 0 Å². The van der Waals surface area contributed by atoms with E-state index in [1.165, 1.54) is 20.4 Å². The van der Waals surface area contributed by atoms with Crippen molar-refractivity contribution in [2.24, 2.45) is 5.10 Å². The highest BCUT2D eigenvalue weighted by Crippen LogP contribution is 2.29. The van der Waals surface area contributed by atoms with Crippen LogP contribution in [0, 0.1) is 0 Å². The van der Waals surface area contributed by atoms with Crippen molar-refractivity contribution in [1.82, 2.24) is 10.7 Å². The fraction of sp³-hybridized carbons (Fsp3) is 0.167. The van der Waals surface area contributed by atoms with Crippen molar-refractivity contribution in [2.45, 2.75) is 6.61 Å². The van der Waals surface area contributed by atoms with Crippen LogP contribution in [0.2, 0.25) is 10.0 Å². The first-order chi connectivity index (χ1) is 12.9. The molecule has 2 rings (SSSR count). The number of benzene rings is 2. The highest BCUT2D eigenvalue weighted by atomic mass is 35.5. The first-order valence-corrected chi connectivity index (χ1v) is 8.50. The van der Waals surface area contributed by atoms with Gasteiger partial charge in [0.2, 0.25) is 0 Å². The van der Waals surface area contributed by atoms with Gasteiger partial charge in [-0.3, -0.25) is 9.59 Å². The van der Waals surface area contributed by atoms with Crippen molar-refractivity contribution in [3.63, 3.8) is 0 Å². The summed E-state index contributed by atoms with van der Waals surface area (Å²) in [5.41, 5.74) is 3.61. The van der Waals surface area contributed by atoms with E-state index in [2.05, 4.69) is 15.8 Å². The Hall–Kier alpha value is -2.77. The lowest BCUT2D eigenvalue weighted by atomic mass is 10.2. The second-order valence-corrected chi connectivity index (χ2v) is 6.04. The number of nitrogens with one attached hydrogen (secondary N) is 2. The van der Waals surface area contributed by atoms with E-state index >= 15 is 0 Å². The molecule has 2 aromatic rings. The zero-order chi connectivity index (χ0) is 19.8. The third kappa shape index (κ3) is 5.87. The van der Waals surface area contributed by atoms with E-state index in [1.807, 2.05) is 6.07 Å². The predicted octanol–water partition coefficient (Wildman–Crippen LogP) is 2.78. The molecule has 2 amide bonds. The number of carbonyl (C=O) groups is 2. The number of hydrogen-bond donors (Lipinski definition) is 2. The second kappa shape index (κ2) is 9.80. The van der Waals surface area contributed by atoms with Gasteiger partial charge >= 0.3 is 11.8 Å². The van der Waals surface area contributed by atoms with E-state index in [0.717, 1.165) is 5.56 Å². The van der Waals surface area contributed by atoms with Gasteiger partial charge in [0.1, 0.15) is 6.61 Å². The molecule has 7 nitrogen and oxygen atoms in total. The number of rotatable bonds is 6. The van der Waals surface area contributed by atoms with Gasteiger partial charge < -0.3 is 14.8 Å². The van der Waals surface area contributed by atoms with Crippen molar-refractivity contribution in [1.29, 1.82) is 0 Å². The summed E-state index contributed by atoms with van der Waals surface area (Å²) in [6.45, 7) is 0.281. The highest BCUT2D eigenvalue weighted by Gasteiger charge is 2.09. The molecule has 0 aliphatic carbocycles. The number of methoxy groups -OCH3 is 1. The van der Waals surface area contributed by atoms with Gasteiger partial charge in [-0.15, -0.1) is 0 Å². The summed E-state index contributed by atoms with van der Waals surface area (Å²) < 4.78 is 11.1. The van der Waals surface area contributed by atoms with Crippen LogP contribution in [0.1, 0.15) is 11.1 Å². The largest absolute Gasteiger partial charge is 0.493 e. The monoisotopic (exact) mass is 409 g/mol. The van der Waals surface area contributed by atoms with Crippen molar-refractivity contribution >= 4 is 41.2 Å². The maximum atomic E-state index is 11.3. The SMILES string of the molecule is CNC(=O)C(=O)N/N=C\c1ccc(OCc2ccc(Cl)c(Cl)c2)c(OC)c1. The first-order valence-electron chi connectivity index (χ1n) is 7.74. The standard InChI is InChI=1S/C18H17Cl2N3O4/c1-21-17(24)18(25)23-22-9-11-4-6-15(16(8-11)26-2)27-10-12-3-5-13(19)14(20)7-12/h3-9H,10H2,1-2H3,(H,21,24)(H,23,25)/b22-9-. The summed E-state index contributed by atoms with van der Waals surface area (Å²) in [7, 11) is 2.86. The lowest BCUT2D eigenvalue weighted by molar-refractivity contribution is -0.138. The minimum atomic E-state index is -0.859. The van der Waals surface area contributed by atoms with Crippen LogP contribution in [0.5, 0.6) is 11.5 Å². The van der Waals surface area contributed by atoms with Gasteiger partial charge in [-0.05, 0) is 41.5 Å². The number of likely N-dealkylation sites (N-methyl/N-ethyl adjacent to an activating group) is 1. The molecule has 9 heteroatoms. The third-order valence-corrected chi connectivity index (χ3v) is 4.12. The number of hydrazone groups is 1. The lowest BCUT2D eigenvalue weighted by Crippen LogP contribution is -2.35. The molecule has 0 aliphatic heterocycles. The van der Waals surface area contributed by atoms with E-state index in [1.54, 1.807) is 30.3 Å². The molecule has 142 valence electrons. The number of carbonyl (C=O) groups excluding carboxylic acids is 2. The molecule has 0 radical (unpaired) electrons. The van der Waals surface area contributed by atoms with Crippen LogP contribution in [-0.4, -0.2) is 32.2 Å². The van der Waals surface area contributed by atoms with Gasteiger partial charge in [0.05, 0.1) is 23.4 Å². The van der Waals surface area contributed by atoms with Crippen molar-refractivity contribution in [3.8, 4) is 11.5 Å². The highest BCUT2D eigenvalue weighted by molar-refractivity contribution is 6.42. The average Bonchev–Trinajstić information content (AvgIpc) is 2.68. The fourth-order valence-electron chi connectivity index (χ4n) is 2.00. The first kappa shape index (κ1) is 20.5. The molecular weight excluding hydrogens is 393 g/mol. The van der Waals surface area contributed by atoms with Crippen LogP contribution >= 0.6 is 23.2 Å².